The Morgan fingerprint density at radius 3 is 2.67 bits per heavy atom. The zero-order chi connectivity index (χ0) is 11.3. The second-order valence-corrected chi connectivity index (χ2v) is 4.78. The number of benzene rings is 1. The molecule has 0 aromatic heterocycles. The first-order valence-corrected chi connectivity index (χ1v) is 6.15. The normalized spacial score (nSPS) is 11.0. The first-order valence-electron chi connectivity index (χ1n) is 5.35. The number of hydrogen-bond donors (Lipinski definition) is 0. The van der Waals surface area contributed by atoms with Gasteiger partial charge in [0.25, 0.3) is 0 Å². The van der Waals surface area contributed by atoms with Crippen LogP contribution in [-0.4, -0.2) is 6.67 Å². The predicted octanol–water partition coefficient (Wildman–Crippen LogP) is 4.70. The molecule has 0 heterocycles. The van der Waals surface area contributed by atoms with Crippen molar-refractivity contribution >= 4 is 15.9 Å². The van der Waals surface area contributed by atoms with Crippen LogP contribution in [0.2, 0.25) is 0 Å². The summed E-state index contributed by atoms with van der Waals surface area (Å²) >= 11 is 3.47. The number of hydrogen-bond acceptors (Lipinski definition) is 0. The molecule has 83 valence electrons. The van der Waals surface area contributed by atoms with Crippen LogP contribution in [0.15, 0.2) is 22.7 Å². The number of halogens is 2. The minimum Gasteiger partial charge on any atom is -0.250 e. The summed E-state index contributed by atoms with van der Waals surface area (Å²) < 4.78 is 13.6. The highest BCUT2D eigenvalue weighted by Crippen LogP contribution is 2.23. The van der Waals surface area contributed by atoms with Gasteiger partial charge in [0.2, 0.25) is 0 Å². The molecule has 0 fully saturated rings. The van der Waals surface area contributed by atoms with E-state index < -0.39 is 0 Å². The van der Waals surface area contributed by atoms with Crippen molar-refractivity contribution in [3.8, 4) is 0 Å². The van der Waals surface area contributed by atoms with Crippen LogP contribution >= 0.6 is 15.9 Å². The molecule has 1 aromatic rings. The Morgan fingerprint density at radius 1 is 1.33 bits per heavy atom. The van der Waals surface area contributed by atoms with Gasteiger partial charge in [-0.25, -0.2) is 0 Å². The van der Waals surface area contributed by atoms with E-state index in [1.165, 1.54) is 18.4 Å². The van der Waals surface area contributed by atoms with Gasteiger partial charge >= 0.3 is 0 Å². The molecule has 1 radical (unpaired) electrons. The van der Waals surface area contributed by atoms with Crippen molar-refractivity contribution < 1.29 is 4.39 Å². The van der Waals surface area contributed by atoms with Gasteiger partial charge in [0, 0.05) is 10.4 Å². The van der Waals surface area contributed by atoms with Gasteiger partial charge in [0.05, 0.1) is 6.67 Å². The van der Waals surface area contributed by atoms with Crippen LogP contribution in [0.25, 0.3) is 0 Å². The molecule has 0 amide bonds. The van der Waals surface area contributed by atoms with Crippen LogP contribution in [0.3, 0.4) is 0 Å². The van der Waals surface area contributed by atoms with Crippen LogP contribution in [0.5, 0.6) is 0 Å². The largest absolute Gasteiger partial charge is 0.250 e. The van der Waals surface area contributed by atoms with Gasteiger partial charge in [0.1, 0.15) is 0 Å². The highest BCUT2D eigenvalue weighted by molar-refractivity contribution is 9.10. The predicted molar refractivity (Wildman–Crippen MR) is 66.7 cm³/mol. The third kappa shape index (κ3) is 3.94. The molecule has 0 aliphatic carbocycles. The zero-order valence-corrected chi connectivity index (χ0v) is 10.9. The van der Waals surface area contributed by atoms with Gasteiger partial charge in [-0.2, -0.15) is 0 Å². The maximum absolute atomic E-state index is 12.5. The Balaban J connectivity index is 2.84. The van der Waals surface area contributed by atoms with Gasteiger partial charge < -0.3 is 0 Å². The van der Waals surface area contributed by atoms with E-state index >= 15 is 0 Å². The van der Waals surface area contributed by atoms with Crippen molar-refractivity contribution in [1.82, 2.24) is 0 Å². The second-order valence-electron chi connectivity index (χ2n) is 3.87. The van der Waals surface area contributed by atoms with Crippen molar-refractivity contribution in [2.75, 3.05) is 6.67 Å². The lowest BCUT2D eigenvalue weighted by Crippen LogP contribution is -1.98. The first kappa shape index (κ1) is 12.7. The summed E-state index contributed by atoms with van der Waals surface area (Å²) in [5.74, 6) is 0.800. The Morgan fingerprint density at radius 2 is 2.07 bits per heavy atom. The monoisotopic (exact) mass is 271 g/mol. The van der Waals surface area contributed by atoms with Gasteiger partial charge in [-0.1, -0.05) is 42.3 Å². The molecule has 0 saturated carbocycles. The van der Waals surface area contributed by atoms with Crippen molar-refractivity contribution in [1.29, 1.82) is 0 Å². The molecular formula is C13H17BrF. The molecule has 0 atom stereocenters. The number of rotatable bonds is 5. The molecule has 1 aromatic carbocycles. The van der Waals surface area contributed by atoms with Crippen LogP contribution in [-0.2, 0) is 6.42 Å². The summed E-state index contributed by atoms with van der Waals surface area (Å²) in [7, 11) is 0. The fourth-order valence-corrected chi connectivity index (χ4v) is 2.04. The molecule has 0 spiro atoms. The zero-order valence-electron chi connectivity index (χ0n) is 9.32. The van der Waals surface area contributed by atoms with E-state index in [1.807, 2.05) is 13.0 Å². The highest BCUT2D eigenvalue weighted by Gasteiger charge is 2.07. The Kier molecular flexibility index (Phi) is 5.30. The minimum atomic E-state index is -0.371. The highest BCUT2D eigenvalue weighted by atomic mass is 79.9. The lowest BCUT2D eigenvalue weighted by Gasteiger charge is -2.10. The summed E-state index contributed by atoms with van der Waals surface area (Å²) in [5.41, 5.74) is 2.30. The Bertz CT molecular complexity index is 309. The summed E-state index contributed by atoms with van der Waals surface area (Å²) in [6.07, 6.45) is 3.45. The molecule has 0 aliphatic rings. The van der Waals surface area contributed by atoms with E-state index in [-0.39, 0.29) is 6.67 Å². The SMILES string of the molecule is CCCCc1cc(Br)cc([C](C)CF)c1. The number of aryl methyl sites for hydroxylation is 1. The van der Waals surface area contributed by atoms with Crippen molar-refractivity contribution in [3.63, 3.8) is 0 Å². The number of unbranched alkanes of at least 4 members (excludes halogenated alkanes) is 1. The van der Waals surface area contributed by atoms with E-state index in [4.69, 9.17) is 0 Å². The molecular weight excluding hydrogens is 255 g/mol. The third-order valence-electron chi connectivity index (χ3n) is 2.47. The van der Waals surface area contributed by atoms with Gasteiger partial charge in [-0.05, 0) is 36.1 Å². The average Bonchev–Trinajstić information content (AvgIpc) is 2.24. The van der Waals surface area contributed by atoms with Crippen molar-refractivity contribution in [2.45, 2.75) is 33.1 Å². The molecule has 2 heteroatoms. The molecule has 0 saturated heterocycles. The van der Waals surface area contributed by atoms with E-state index in [2.05, 4.69) is 35.0 Å². The summed E-state index contributed by atoms with van der Waals surface area (Å²) in [4.78, 5) is 0. The molecule has 0 N–H and O–H groups in total. The molecule has 0 unspecified atom stereocenters. The quantitative estimate of drug-likeness (QED) is 0.728. The van der Waals surface area contributed by atoms with Crippen molar-refractivity contribution in [3.05, 3.63) is 39.7 Å². The Labute approximate surface area is 100 Å². The fourth-order valence-electron chi connectivity index (χ4n) is 1.50. The molecule has 0 nitrogen and oxygen atoms in total. The van der Waals surface area contributed by atoms with Gasteiger partial charge in [-0.15, -0.1) is 0 Å². The fraction of sp³-hybridized carbons (Fsp3) is 0.462. The van der Waals surface area contributed by atoms with Crippen LogP contribution in [0.4, 0.5) is 4.39 Å². The third-order valence-corrected chi connectivity index (χ3v) is 2.93. The lowest BCUT2D eigenvalue weighted by atomic mass is 9.98. The molecule has 1 rings (SSSR count). The molecule has 0 aliphatic heterocycles. The lowest BCUT2D eigenvalue weighted by molar-refractivity contribution is 0.516. The molecule has 0 bridgehead atoms. The van der Waals surface area contributed by atoms with E-state index in [0.29, 0.717) is 0 Å². The summed E-state index contributed by atoms with van der Waals surface area (Å²) in [6.45, 7) is 3.65. The average molecular weight is 272 g/mol. The van der Waals surface area contributed by atoms with E-state index in [1.54, 1.807) is 0 Å². The maximum atomic E-state index is 12.5. The minimum absolute atomic E-state index is 0.371. The van der Waals surface area contributed by atoms with Crippen LogP contribution < -0.4 is 0 Å². The maximum Gasteiger partial charge on any atom is 0.0997 e. The van der Waals surface area contributed by atoms with Gasteiger partial charge in [-0.3, -0.25) is 4.39 Å². The Hall–Kier alpha value is -0.370. The van der Waals surface area contributed by atoms with Gasteiger partial charge in [0.15, 0.2) is 0 Å². The van der Waals surface area contributed by atoms with Crippen LogP contribution in [0.1, 0.15) is 37.8 Å². The summed E-state index contributed by atoms with van der Waals surface area (Å²) in [6, 6.07) is 6.18. The van der Waals surface area contributed by atoms with Crippen molar-refractivity contribution in [2.24, 2.45) is 0 Å². The first-order chi connectivity index (χ1) is 7.17. The smallest absolute Gasteiger partial charge is 0.0997 e. The second kappa shape index (κ2) is 6.26. The van der Waals surface area contributed by atoms with E-state index in [9.17, 15) is 4.39 Å². The topological polar surface area (TPSA) is 0 Å². The molecule has 15 heavy (non-hydrogen) atoms. The number of alkyl halides is 1. The van der Waals surface area contributed by atoms with E-state index in [0.717, 1.165) is 22.4 Å². The van der Waals surface area contributed by atoms with Crippen LogP contribution in [0, 0.1) is 5.92 Å². The summed E-state index contributed by atoms with van der Waals surface area (Å²) in [5, 5.41) is 0. The standard InChI is InChI=1S/C13H17BrF/c1-3-4-5-11-6-12(10(2)9-15)8-13(14)7-11/h6-8H,3-5,9H2,1-2H3.